The Morgan fingerprint density at radius 2 is 2.14 bits per heavy atom. The lowest BCUT2D eigenvalue weighted by atomic mass is 9.48. The molecule has 1 aromatic heterocycles. The summed E-state index contributed by atoms with van der Waals surface area (Å²) in [5, 5.41) is 12.7. The summed E-state index contributed by atoms with van der Waals surface area (Å²) in [6.45, 7) is 2.03. The SMILES string of the molecule is COc1ccc2c3c1O[C@H]1[C@@H](N(C)C(=O)/C=C/c4ccoc4)CC[C@@]4(O)[C@@H](C2)N(CC2CC2)CC[C@]314. The van der Waals surface area contributed by atoms with E-state index in [9.17, 15) is 9.90 Å². The molecule has 7 heteroatoms. The number of furan rings is 1. The van der Waals surface area contributed by atoms with Gasteiger partial charge in [-0.15, -0.1) is 0 Å². The number of carbonyl (C=O) groups excluding carboxylic acids is 1. The maximum absolute atomic E-state index is 13.3. The summed E-state index contributed by atoms with van der Waals surface area (Å²) >= 11 is 0. The van der Waals surface area contributed by atoms with Crippen molar-refractivity contribution >= 4 is 12.0 Å². The maximum Gasteiger partial charge on any atom is 0.246 e. The van der Waals surface area contributed by atoms with Gasteiger partial charge in [-0.3, -0.25) is 9.69 Å². The van der Waals surface area contributed by atoms with Crippen molar-refractivity contribution in [1.82, 2.24) is 9.80 Å². The van der Waals surface area contributed by atoms with E-state index in [2.05, 4.69) is 11.0 Å². The fourth-order valence-electron chi connectivity index (χ4n) is 7.82. The third kappa shape index (κ3) is 2.96. The van der Waals surface area contributed by atoms with Gasteiger partial charge in [-0.05, 0) is 74.8 Å². The molecule has 1 saturated heterocycles. The summed E-state index contributed by atoms with van der Waals surface area (Å²) < 4.78 is 17.6. The molecule has 1 N–H and O–H groups in total. The third-order valence-corrected chi connectivity index (χ3v) is 9.74. The van der Waals surface area contributed by atoms with Crippen molar-refractivity contribution < 1.29 is 23.8 Å². The summed E-state index contributed by atoms with van der Waals surface area (Å²) in [4.78, 5) is 17.6. The van der Waals surface area contributed by atoms with E-state index in [4.69, 9.17) is 13.9 Å². The second-order valence-corrected chi connectivity index (χ2v) is 11.4. The fraction of sp³-hybridized carbons (Fsp3) is 0.552. The molecule has 3 fully saturated rings. The van der Waals surface area contributed by atoms with Crippen LogP contribution in [0.1, 0.15) is 48.8 Å². The molecule has 3 heterocycles. The number of nitrogens with zero attached hydrogens (tertiary/aromatic N) is 2. The number of amides is 1. The van der Waals surface area contributed by atoms with E-state index in [1.807, 2.05) is 24.1 Å². The summed E-state index contributed by atoms with van der Waals surface area (Å²) in [5.41, 5.74) is 1.82. The number of carbonyl (C=O) groups is 1. The van der Waals surface area contributed by atoms with Crippen LogP contribution < -0.4 is 9.47 Å². The van der Waals surface area contributed by atoms with Crippen LogP contribution in [-0.2, 0) is 16.6 Å². The van der Waals surface area contributed by atoms with Crippen molar-refractivity contribution in [3.05, 3.63) is 53.5 Å². The smallest absolute Gasteiger partial charge is 0.246 e. The van der Waals surface area contributed by atoms with Gasteiger partial charge in [0.15, 0.2) is 11.5 Å². The van der Waals surface area contributed by atoms with Crippen LogP contribution in [0.5, 0.6) is 11.5 Å². The molecule has 1 spiro atoms. The second kappa shape index (κ2) is 7.86. The van der Waals surface area contributed by atoms with Gasteiger partial charge in [-0.25, -0.2) is 0 Å². The number of likely N-dealkylation sites (tertiary alicyclic amines) is 1. The number of ether oxygens (including phenoxy) is 2. The molecule has 2 aromatic rings. The minimum atomic E-state index is -0.886. The highest BCUT2D eigenvalue weighted by atomic mass is 16.5. The highest BCUT2D eigenvalue weighted by Crippen LogP contribution is 2.66. The van der Waals surface area contributed by atoms with E-state index < -0.39 is 11.0 Å². The largest absolute Gasteiger partial charge is 0.493 e. The highest BCUT2D eigenvalue weighted by molar-refractivity contribution is 5.92. The summed E-state index contributed by atoms with van der Waals surface area (Å²) in [6.07, 6.45) is 11.9. The van der Waals surface area contributed by atoms with Gasteiger partial charge in [-0.1, -0.05) is 6.07 Å². The van der Waals surface area contributed by atoms with Crippen LogP contribution in [0.3, 0.4) is 0 Å². The zero-order chi connectivity index (χ0) is 24.7. The molecule has 7 rings (SSSR count). The molecule has 36 heavy (non-hydrogen) atoms. The molecule has 1 aromatic carbocycles. The molecule has 5 aliphatic rings. The van der Waals surface area contributed by atoms with Gasteiger partial charge in [0.1, 0.15) is 6.10 Å². The van der Waals surface area contributed by atoms with Crippen LogP contribution >= 0.6 is 0 Å². The molecule has 1 amide bonds. The van der Waals surface area contributed by atoms with Gasteiger partial charge < -0.3 is 23.9 Å². The fourth-order valence-corrected chi connectivity index (χ4v) is 7.82. The highest BCUT2D eigenvalue weighted by Gasteiger charge is 2.73. The summed E-state index contributed by atoms with van der Waals surface area (Å²) in [5.74, 6) is 2.18. The Hall–Kier alpha value is -2.77. The van der Waals surface area contributed by atoms with Crippen molar-refractivity contribution in [2.45, 2.75) is 67.7 Å². The van der Waals surface area contributed by atoms with E-state index in [0.29, 0.717) is 18.6 Å². The van der Waals surface area contributed by atoms with E-state index in [1.54, 1.807) is 31.8 Å². The predicted octanol–water partition coefficient (Wildman–Crippen LogP) is 3.39. The van der Waals surface area contributed by atoms with Crippen LogP contribution in [0.2, 0.25) is 0 Å². The molecule has 2 saturated carbocycles. The van der Waals surface area contributed by atoms with Crippen LogP contribution in [0, 0.1) is 5.92 Å². The minimum Gasteiger partial charge on any atom is -0.493 e. The minimum absolute atomic E-state index is 0.0756. The van der Waals surface area contributed by atoms with Gasteiger partial charge in [-0.2, -0.15) is 0 Å². The van der Waals surface area contributed by atoms with Gasteiger partial charge in [0.05, 0.1) is 36.7 Å². The lowest BCUT2D eigenvalue weighted by molar-refractivity contribution is -0.200. The lowest BCUT2D eigenvalue weighted by Gasteiger charge is -2.64. The van der Waals surface area contributed by atoms with Crippen LogP contribution in [0.15, 0.2) is 41.2 Å². The first-order chi connectivity index (χ1) is 17.5. The molecule has 7 nitrogen and oxygen atoms in total. The van der Waals surface area contributed by atoms with Gasteiger partial charge in [0.25, 0.3) is 0 Å². The molecule has 190 valence electrons. The van der Waals surface area contributed by atoms with E-state index in [1.165, 1.54) is 18.4 Å². The van der Waals surface area contributed by atoms with Crippen LogP contribution in [0.4, 0.5) is 0 Å². The topological polar surface area (TPSA) is 75.4 Å². The van der Waals surface area contributed by atoms with E-state index in [0.717, 1.165) is 48.7 Å². The second-order valence-electron chi connectivity index (χ2n) is 11.4. The van der Waals surface area contributed by atoms with Gasteiger partial charge >= 0.3 is 0 Å². The first-order valence-corrected chi connectivity index (χ1v) is 13.3. The third-order valence-electron chi connectivity index (χ3n) is 9.74. The van der Waals surface area contributed by atoms with Crippen molar-refractivity contribution in [3.63, 3.8) is 0 Å². The molecule has 0 unspecified atom stereocenters. The molecule has 3 aliphatic carbocycles. The molecule has 0 radical (unpaired) electrons. The monoisotopic (exact) mass is 490 g/mol. The number of rotatable bonds is 6. The Balaban J connectivity index is 1.29. The zero-order valence-corrected chi connectivity index (χ0v) is 21.0. The Bertz CT molecular complexity index is 1220. The summed E-state index contributed by atoms with van der Waals surface area (Å²) in [6, 6.07) is 5.93. The first kappa shape index (κ1) is 22.4. The van der Waals surface area contributed by atoms with Crippen molar-refractivity contribution in [2.75, 3.05) is 27.2 Å². The van der Waals surface area contributed by atoms with Crippen molar-refractivity contribution in [2.24, 2.45) is 5.92 Å². The number of aliphatic hydroxyl groups is 1. The Kier molecular flexibility index (Phi) is 4.90. The number of piperidine rings is 1. The molecular weight excluding hydrogens is 456 g/mol. The van der Waals surface area contributed by atoms with Gasteiger partial charge in [0, 0.05) is 36.8 Å². The lowest BCUT2D eigenvalue weighted by Crippen LogP contribution is -2.78. The zero-order valence-electron chi connectivity index (χ0n) is 21.0. The number of hydrogen-bond acceptors (Lipinski definition) is 6. The van der Waals surface area contributed by atoms with Crippen LogP contribution in [-0.4, -0.2) is 71.8 Å². The van der Waals surface area contributed by atoms with Crippen LogP contribution in [0.25, 0.3) is 6.08 Å². The average molecular weight is 491 g/mol. The average Bonchev–Trinajstić information content (AvgIpc) is 3.40. The van der Waals surface area contributed by atoms with E-state index >= 15 is 0 Å². The molecule has 5 atom stereocenters. The number of hydrogen-bond donors (Lipinski definition) is 1. The Morgan fingerprint density at radius 1 is 1.28 bits per heavy atom. The van der Waals surface area contributed by atoms with E-state index in [-0.39, 0.29) is 24.1 Å². The van der Waals surface area contributed by atoms with Gasteiger partial charge in [0.2, 0.25) is 5.91 Å². The Morgan fingerprint density at radius 3 is 2.89 bits per heavy atom. The van der Waals surface area contributed by atoms with Crippen molar-refractivity contribution in [3.8, 4) is 11.5 Å². The Labute approximate surface area is 211 Å². The standard InChI is InChI=1S/C29H34N2O5/c1-30(24(32)8-5-19-10-14-35-17-19)21-9-11-29(33)23-15-20-6-7-22(34-2)26-25(20)28(29,27(21)36-26)12-13-31(23)16-18-3-4-18/h5-8,10,14,17-18,21,23,27,33H,3-4,9,11-13,15-16H2,1-2H3/b8-5+/t21-,23+,27-,28-,29+/m0/s1. The summed E-state index contributed by atoms with van der Waals surface area (Å²) in [7, 11) is 3.53. The molecule has 2 bridgehead atoms. The first-order valence-electron chi connectivity index (χ1n) is 13.3. The quantitative estimate of drug-likeness (QED) is 0.626. The predicted molar refractivity (Wildman–Crippen MR) is 134 cm³/mol. The number of benzene rings is 1. The molecular formula is C29H34N2O5. The number of methoxy groups -OCH3 is 1. The normalized spacial score (nSPS) is 34.4. The number of likely N-dealkylation sites (N-methyl/N-ethyl adjacent to an activating group) is 1. The maximum atomic E-state index is 13.3. The van der Waals surface area contributed by atoms with Crippen molar-refractivity contribution in [1.29, 1.82) is 0 Å². The molecule has 2 aliphatic heterocycles.